The van der Waals surface area contributed by atoms with Crippen molar-refractivity contribution in [2.24, 2.45) is 0 Å². The highest BCUT2D eigenvalue weighted by atomic mass is 16.5. The summed E-state index contributed by atoms with van der Waals surface area (Å²) >= 11 is 0. The van der Waals surface area contributed by atoms with Crippen LogP contribution in [-0.2, 0) is 9.59 Å². The van der Waals surface area contributed by atoms with Crippen LogP contribution in [0.15, 0.2) is 85.1 Å². The van der Waals surface area contributed by atoms with Crippen molar-refractivity contribution in [3.63, 3.8) is 0 Å². The lowest BCUT2D eigenvalue weighted by atomic mass is 9.98. The summed E-state index contributed by atoms with van der Waals surface area (Å²) in [5.41, 5.74) is 3.36. The molecule has 1 N–H and O–H groups in total. The zero-order valence-corrected chi connectivity index (χ0v) is 22.9. The lowest BCUT2D eigenvalue weighted by Crippen LogP contribution is -2.44. The molecule has 8 heteroatoms. The number of aromatic nitrogens is 2. The second-order valence-electron chi connectivity index (χ2n) is 9.48. The van der Waals surface area contributed by atoms with Crippen LogP contribution in [0.2, 0.25) is 0 Å². The Bertz CT molecular complexity index is 1420. The van der Waals surface area contributed by atoms with Gasteiger partial charge in [0, 0.05) is 17.8 Å². The topological polar surface area (TPSA) is 85.7 Å². The number of carbonyl (C=O) groups is 2. The Morgan fingerprint density at radius 3 is 2.15 bits per heavy atom. The first kappa shape index (κ1) is 27.4. The summed E-state index contributed by atoms with van der Waals surface area (Å²) in [4.78, 5) is 28.4. The van der Waals surface area contributed by atoms with Gasteiger partial charge < -0.3 is 19.7 Å². The van der Waals surface area contributed by atoms with Crippen molar-refractivity contribution in [1.82, 2.24) is 14.7 Å². The predicted molar refractivity (Wildman–Crippen MR) is 152 cm³/mol. The van der Waals surface area contributed by atoms with Crippen molar-refractivity contribution in [2.45, 2.75) is 32.7 Å². The average molecular weight is 527 g/mol. The highest BCUT2D eigenvalue weighted by Gasteiger charge is 2.27. The third-order valence-corrected chi connectivity index (χ3v) is 6.58. The van der Waals surface area contributed by atoms with E-state index >= 15 is 0 Å². The van der Waals surface area contributed by atoms with E-state index in [9.17, 15) is 9.59 Å². The van der Waals surface area contributed by atoms with E-state index in [0.717, 1.165) is 22.4 Å². The van der Waals surface area contributed by atoms with Gasteiger partial charge in [0.1, 0.15) is 6.54 Å². The summed E-state index contributed by atoms with van der Waals surface area (Å²) in [7, 11) is 3.12. The lowest BCUT2D eigenvalue weighted by Gasteiger charge is -2.29. The molecule has 4 rings (SSSR count). The van der Waals surface area contributed by atoms with Crippen molar-refractivity contribution < 1.29 is 19.1 Å². The Kier molecular flexibility index (Phi) is 8.66. The molecular formula is C31H34N4O4. The lowest BCUT2D eigenvalue weighted by molar-refractivity contribution is -0.137. The van der Waals surface area contributed by atoms with Crippen LogP contribution >= 0.6 is 0 Å². The first-order chi connectivity index (χ1) is 18.8. The number of nitrogens with one attached hydrogen (secondary N) is 1. The first-order valence-electron chi connectivity index (χ1n) is 12.8. The number of para-hydroxylation sites is 1. The van der Waals surface area contributed by atoms with Gasteiger partial charge in [-0.3, -0.25) is 9.59 Å². The number of rotatable bonds is 10. The monoisotopic (exact) mass is 526 g/mol. The van der Waals surface area contributed by atoms with Gasteiger partial charge in [-0.1, -0.05) is 54.6 Å². The number of benzene rings is 3. The normalized spacial score (nSPS) is 11.6. The molecule has 0 aliphatic rings. The number of ether oxygens (including phenoxy) is 2. The highest BCUT2D eigenvalue weighted by Crippen LogP contribution is 2.32. The van der Waals surface area contributed by atoms with Crippen LogP contribution < -0.4 is 14.8 Å². The molecule has 2 amide bonds. The summed E-state index contributed by atoms with van der Waals surface area (Å²) in [6, 6.07) is 24.7. The molecule has 0 saturated heterocycles. The number of carbonyl (C=O) groups excluding carboxylic acids is 2. The molecule has 0 aliphatic carbocycles. The van der Waals surface area contributed by atoms with Crippen LogP contribution in [0.25, 0.3) is 16.8 Å². The number of nitrogens with zero attached hydrogens (tertiary/aromatic N) is 3. The van der Waals surface area contributed by atoms with E-state index in [0.29, 0.717) is 17.3 Å². The predicted octanol–water partition coefficient (Wildman–Crippen LogP) is 5.54. The maximum atomic E-state index is 13.6. The Morgan fingerprint density at radius 2 is 1.54 bits per heavy atom. The summed E-state index contributed by atoms with van der Waals surface area (Å²) in [6.45, 7) is 5.50. The highest BCUT2D eigenvalue weighted by molar-refractivity contribution is 5.97. The number of hydrogen-bond acceptors (Lipinski definition) is 5. The van der Waals surface area contributed by atoms with Crippen LogP contribution in [0.3, 0.4) is 0 Å². The number of amides is 2. The van der Waals surface area contributed by atoms with E-state index in [4.69, 9.17) is 9.47 Å². The zero-order valence-electron chi connectivity index (χ0n) is 22.9. The summed E-state index contributed by atoms with van der Waals surface area (Å²) < 4.78 is 12.5. The Labute approximate surface area is 229 Å². The third-order valence-electron chi connectivity index (χ3n) is 6.58. The van der Waals surface area contributed by atoms with Crippen LogP contribution in [0, 0.1) is 0 Å². The van der Waals surface area contributed by atoms with Gasteiger partial charge in [0.15, 0.2) is 17.3 Å². The van der Waals surface area contributed by atoms with Gasteiger partial charge >= 0.3 is 0 Å². The van der Waals surface area contributed by atoms with Crippen molar-refractivity contribution in [1.29, 1.82) is 0 Å². The smallest absolute Gasteiger partial charge is 0.245 e. The van der Waals surface area contributed by atoms with E-state index in [1.807, 2.05) is 93.7 Å². The minimum absolute atomic E-state index is 0.111. The second-order valence-corrected chi connectivity index (χ2v) is 9.48. The van der Waals surface area contributed by atoms with Gasteiger partial charge in [-0.2, -0.15) is 0 Å². The molecule has 0 radical (unpaired) electrons. The van der Waals surface area contributed by atoms with Crippen LogP contribution in [-0.4, -0.2) is 53.3 Å². The average Bonchev–Trinajstić information content (AvgIpc) is 3.39. The number of methoxy groups -OCH3 is 2. The molecular weight excluding hydrogens is 492 g/mol. The van der Waals surface area contributed by atoms with Crippen LogP contribution in [0.4, 0.5) is 5.82 Å². The zero-order chi connectivity index (χ0) is 27.9. The number of anilines is 1. The maximum absolute atomic E-state index is 13.6. The van der Waals surface area contributed by atoms with E-state index in [2.05, 4.69) is 10.4 Å². The number of hydrogen-bond donors (Lipinski definition) is 1. The fourth-order valence-electron chi connectivity index (χ4n) is 4.36. The minimum atomic E-state index is -0.489. The molecule has 39 heavy (non-hydrogen) atoms. The van der Waals surface area contributed by atoms with E-state index in [-0.39, 0.29) is 24.4 Å². The SMILES string of the molecule is COc1ccc(C(C)C(=O)N(CC(=O)Nc2nn(-c3ccccc3)cc2-c2ccccc2)C(C)C)cc1OC. The third kappa shape index (κ3) is 6.29. The molecule has 1 aromatic heterocycles. The van der Waals surface area contributed by atoms with Gasteiger partial charge in [0.25, 0.3) is 0 Å². The molecule has 0 spiro atoms. The molecule has 0 aliphatic heterocycles. The molecule has 8 nitrogen and oxygen atoms in total. The summed E-state index contributed by atoms with van der Waals surface area (Å²) in [6.07, 6.45) is 1.89. The molecule has 1 heterocycles. The van der Waals surface area contributed by atoms with Crippen LogP contribution in [0.5, 0.6) is 11.5 Å². The second kappa shape index (κ2) is 12.3. The fraction of sp³-hybridized carbons (Fsp3) is 0.258. The molecule has 4 aromatic rings. The van der Waals surface area contributed by atoms with Gasteiger partial charge in [-0.15, -0.1) is 5.10 Å². The maximum Gasteiger partial charge on any atom is 0.245 e. The quantitative estimate of drug-likeness (QED) is 0.293. The standard InChI is InChI=1S/C31H34N4O4/c1-21(2)34(31(37)22(3)24-16-17-27(38-4)28(18-24)39-5)20-29(36)32-30-26(23-12-8-6-9-13-23)19-35(33-30)25-14-10-7-11-15-25/h6-19,21-22H,20H2,1-5H3,(H,32,33,36). The van der Waals surface area contributed by atoms with Gasteiger partial charge in [0.2, 0.25) is 11.8 Å². The molecule has 0 saturated carbocycles. The Balaban J connectivity index is 1.56. The van der Waals surface area contributed by atoms with Crippen LogP contribution in [0.1, 0.15) is 32.3 Å². The van der Waals surface area contributed by atoms with Crippen molar-refractivity contribution in [3.8, 4) is 28.3 Å². The summed E-state index contributed by atoms with van der Waals surface area (Å²) in [5, 5.41) is 7.62. The largest absolute Gasteiger partial charge is 0.493 e. The fourth-order valence-corrected chi connectivity index (χ4v) is 4.36. The van der Waals surface area contributed by atoms with Crippen molar-refractivity contribution in [3.05, 3.63) is 90.6 Å². The molecule has 1 atom stereocenters. The minimum Gasteiger partial charge on any atom is -0.493 e. The summed E-state index contributed by atoms with van der Waals surface area (Å²) in [5.74, 6) is 0.588. The molecule has 1 unspecified atom stereocenters. The van der Waals surface area contributed by atoms with Gasteiger partial charge in [0.05, 0.1) is 25.8 Å². The van der Waals surface area contributed by atoms with Crippen molar-refractivity contribution >= 4 is 17.6 Å². The molecule has 202 valence electrons. The molecule has 0 fully saturated rings. The molecule has 0 bridgehead atoms. The van der Waals surface area contributed by atoms with Gasteiger partial charge in [-0.25, -0.2) is 4.68 Å². The first-order valence-corrected chi connectivity index (χ1v) is 12.8. The van der Waals surface area contributed by atoms with E-state index < -0.39 is 5.92 Å². The van der Waals surface area contributed by atoms with E-state index in [1.165, 1.54) is 0 Å². The Morgan fingerprint density at radius 1 is 0.897 bits per heavy atom. The van der Waals surface area contributed by atoms with Gasteiger partial charge in [-0.05, 0) is 56.2 Å². The molecule has 3 aromatic carbocycles. The van der Waals surface area contributed by atoms with Crippen molar-refractivity contribution in [2.75, 3.05) is 26.1 Å². The Hall–Kier alpha value is -4.59. The van der Waals surface area contributed by atoms with E-state index in [1.54, 1.807) is 35.9 Å².